The Balaban J connectivity index is 1.23. The van der Waals surface area contributed by atoms with Crippen molar-refractivity contribution in [2.75, 3.05) is 6.61 Å². The maximum Gasteiger partial charge on any atom is 0.345 e. The van der Waals surface area contributed by atoms with Gasteiger partial charge >= 0.3 is 11.9 Å². The Hall–Kier alpha value is -6.42. The molecule has 1 unspecified atom stereocenters. The summed E-state index contributed by atoms with van der Waals surface area (Å²) < 4.78 is 23.7. The Kier molecular flexibility index (Phi) is 9.11. The van der Waals surface area contributed by atoms with Gasteiger partial charge in [-0.25, -0.2) is 14.6 Å². The Bertz CT molecular complexity index is 2520. The van der Waals surface area contributed by atoms with Crippen LogP contribution in [0.4, 0.5) is 0 Å². The lowest BCUT2D eigenvalue weighted by Gasteiger charge is -2.41. The molecule has 0 fully saturated rings. The van der Waals surface area contributed by atoms with Crippen molar-refractivity contribution in [3.05, 3.63) is 182 Å². The monoisotopic (exact) mass is 754 g/mol. The molecule has 0 aliphatic carbocycles. The quantitative estimate of drug-likeness (QED) is 0.0866. The van der Waals surface area contributed by atoms with Crippen LogP contribution in [0, 0.1) is 0 Å². The second kappa shape index (κ2) is 14.2. The van der Waals surface area contributed by atoms with E-state index in [4.69, 9.17) is 47.3 Å². The van der Waals surface area contributed by atoms with Crippen molar-refractivity contribution in [1.82, 2.24) is 5.01 Å². The number of carbonyl (C=O) groups excluding carboxylic acids is 3. The summed E-state index contributed by atoms with van der Waals surface area (Å²) in [5.74, 6) is 0.167. The van der Waals surface area contributed by atoms with E-state index in [1.54, 1.807) is 109 Å². The Morgan fingerprint density at radius 2 is 1.26 bits per heavy atom. The van der Waals surface area contributed by atoms with Gasteiger partial charge in [0.05, 0.1) is 34.0 Å². The first-order chi connectivity index (χ1) is 26.3. The third-order valence-corrected chi connectivity index (χ3v) is 9.72. The zero-order valence-corrected chi connectivity index (χ0v) is 30.0. The number of halogens is 2. The maximum absolute atomic E-state index is 14.5. The van der Waals surface area contributed by atoms with Crippen molar-refractivity contribution in [1.29, 1.82) is 0 Å². The topological polar surface area (TPSA) is 104 Å². The largest absolute Gasteiger partial charge is 0.494 e. The molecular formula is C43H28Cl2N2O7. The molecule has 54 heavy (non-hydrogen) atoms. The average molecular weight is 756 g/mol. The van der Waals surface area contributed by atoms with Crippen molar-refractivity contribution in [3.63, 3.8) is 0 Å². The zero-order valence-electron chi connectivity index (χ0n) is 28.5. The van der Waals surface area contributed by atoms with Gasteiger partial charge < -0.3 is 18.9 Å². The van der Waals surface area contributed by atoms with E-state index in [9.17, 15) is 14.4 Å². The number of nitrogens with zero attached hydrogens (tertiary/aromatic N) is 2. The summed E-state index contributed by atoms with van der Waals surface area (Å²) in [7, 11) is 0. The summed E-state index contributed by atoms with van der Waals surface area (Å²) in [6.07, 6.45) is 1.53. The second-order valence-electron chi connectivity index (χ2n) is 12.3. The van der Waals surface area contributed by atoms with E-state index in [0.717, 1.165) is 0 Å². The third-order valence-electron chi connectivity index (χ3n) is 9.06. The fraction of sp³-hybridized carbons (Fsp3) is 0.0698. The van der Waals surface area contributed by atoms with Gasteiger partial charge in [-0.2, -0.15) is 5.10 Å². The summed E-state index contributed by atoms with van der Waals surface area (Å²) in [6, 6.07) is 37.7. The summed E-state index contributed by atoms with van der Waals surface area (Å²) in [5.41, 5.74) is 2.00. The molecule has 9 nitrogen and oxygen atoms in total. The summed E-state index contributed by atoms with van der Waals surface area (Å²) in [5, 5.41) is 6.80. The Morgan fingerprint density at radius 1 is 0.685 bits per heavy atom. The lowest BCUT2D eigenvalue weighted by molar-refractivity contribution is 0.0674. The molecule has 2 aliphatic rings. The highest BCUT2D eigenvalue weighted by atomic mass is 35.5. The minimum atomic E-state index is -1.32. The van der Waals surface area contributed by atoms with Crippen LogP contribution in [0.3, 0.4) is 0 Å². The van der Waals surface area contributed by atoms with Crippen molar-refractivity contribution >= 4 is 47.3 Å². The SMILES string of the molecule is CCOc1ccc2c(c1)Oc1cc(OC(=O)c3ccccc3Cl)ccc1C21c2ccccc2C(=O)N1/N=C/c1cccc(OC(=O)c2ccccc2Cl)c1. The highest BCUT2D eigenvalue weighted by molar-refractivity contribution is 6.34. The lowest BCUT2D eigenvalue weighted by Crippen LogP contribution is -2.44. The van der Waals surface area contributed by atoms with Gasteiger partial charge in [-0.05, 0) is 79.2 Å². The number of hydrazone groups is 1. The molecule has 266 valence electrons. The molecule has 1 spiro atoms. The first-order valence-electron chi connectivity index (χ1n) is 16.9. The minimum Gasteiger partial charge on any atom is -0.494 e. The van der Waals surface area contributed by atoms with Gasteiger partial charge in [-0.3, -0.25) is 4.79 Å². The van der Waals surface area contributed by atoms with Crippen LogP contribution in [-0.4, -0.2) is 35.7 Å². The van der Waals surface area contributed by atoms with E-state index in [-0.39, 0.29) is 38.6 Å². The van der Waals surface area contributed by atoms with Crippen LogP contribution in [0.1, 0.15) is 60.3 Å². The molecule has 6 aromatic carbocycles. The molecular weight excluding hydrogens is 727 g/mol. The number of rotatable bonds is 8. The predicted octanol–water partition coefficient (Wildman–Crippen LogP) is 9.72. The Labute approximate surface area is 319 Å². The normalized spacial score (nSPS) is 15.3. The molecule has 0 saturated heterocycles. The predicted molar refractivity (Wildman–Crippen MR) is 203 cm³/mol. The first kappa shape index (κ1) is 34.7. The van der Waals surface area contributed by atoms with Gasteiger partial charge in [0, 0.05) is 34.4 Å². The molecule has 0 N–H and O–H groups in total. The summed E-state index contributed by atoms with van der Waals surface area (Å²) in [4.78, 5) is 40.5. The number of amides is 1. The van der Waals surface area contributed by atoms with Crippen LogP contribution < -0.4 is 18.9 Å². The van der Waals surface area contributed by atoms with Gasteiger partial charge in [0.2, 0.25) is 0 Å². The van der Waals surface area contributed by atoms with Crippen LogP contribution in [0.5, 0.6) is 28.7 Å². The number of carbonyl (C=O) groups is 3. The number of hydrogen-bond acceptors (Lipinski definition) is 8. The number of esters is 2. The van der Waals surface area contributed by atoms with E-state index >= 15 is 0 Å². The molecule has 8 rings (SSSR count). The van der Waals surface area contributed by atoms with Crippen LogP contribution in [0.25, 0.3) is 0 Å². The fourth-order valence-corrected chi connectivity index (χ4v) is 7.16. The van der Waals surface area contributed by atoms with Crippen LogP contribution >= 0.6 is 23.2 Å². The molecule has 2 aliphatic heterocycles. The standard InChI is InChI=1S/C43H28Cl2N2O7/c1-2-51-27-18-20-34-38(23-27)54-39-24-29(53-42(50)32-14-5-8-17-37(32)45)19-21-35(39)43(34)33-15-6-3-12-30(33)40(48)47(43)46-25-26-10-9-11-28(22-26)52-41(49)31-13-4-7-16-36(31)44/h3-25H,2H2,1H3/b46-25+. The average Bonchev–Trinajstić information content (AvgIpc) is 3.41. The van der Waals surface area contributed by atoms with E-state index < -0.39 is 17.5 Å². The van der Waals surface area contributed by atoms with E-state index in [1.165, 1.54) is 11.2 Å². The number of benzene rings is 6. The highest BCUT2D eigenvalue weighted by Crippen LogP contribution is 2.58. The Morgan fingerprint density at radius 3 is 1.91 bits per heavy atom. The zero-order chi connectivity index (χ0) is 37.4. The summed E-state index contributed by atoms with van der Waals surface area (Å²) >= 11 is 12.5. The van der Waals surface area contributed by atoms with Crippen LogP contribution in [0.15, 0.2) is 139 Å². The van der Waals surface area contributed by atoms with Gasteiger partial charge in [0.15, 0.2) is 0 Å². The molecule has 0 bridgehead atoms. The van der Waals surface area contributed by atoms with E-state index in [0.29, 0.717) is 51.7 Å². The number of fused-ring (bicyclic) bond motifs is 6. The van der Waals surface area contributed by atoms with E-state index in [1.807, 2.05) is 31.2 Å². The maximum atomic E-state index is 14.5. The molecule has 0 saturated carbocycles. The van der Waals surface area contributed by atoms with Crippen molar-refractivity contribution in [2.24, 2.45) is 5.10 Å². The molecule has 0 aromatic heterocycles. The highest BCUT2D eigenvalue weighted by Gasteiger charge is 2.57. The lowest BCUT2D eigenvalue weighted by atomic mass is 9.75. The minimum absolute atomic E-state index is 0.203. The van der Waals surface area contributed by atoms with Crippen molar-refractivity contribution < 1.29 is 33.3 Å². The number of ether oxygens (including phenoxy) is 4. The second-order valence-corrected chi connectivity index (χ2v) is 13.1. The third kappa shape index (κ3) is 6.03. The molecule has 2 heterocycles. The fourth-order valence-electron chi connectivity index (χ4n) is 6.74. The first-order valence-corrected chi connectivity index (χ1v) is 17.6. The van der Waals surface area contributed by atoms with Crippen LogP contribution in [0.2, 0.25) is 10.0 Å². The molecule has 1 atom stereocenters. The van der Waals surface area contributed by atoms with Crippen molar-refractivity contribution in [2.45, 2.75) is 12.5 Å². The molecule has 0 radical (unpaired) electrons. The molecule has 1 amide bonds. The van der Waals surface area contributed by atoms with Gasteiger partial charge in [0.25, 0.3) is 5.91 Å². The van der Waals surface area contributed by atoms with E-state index in [2.05, 4.69) is 0 Å². The smallest absolute Gasteiger partial charge is 0.345 e. The molecule has 11 heteroatoms. The molecule has 6 aromatic rings. The summed E-state index contributed by atoms with van der Waals surface area (Å²) in [6.45, 7) is 2.30. The van der Waals surface area contributed by atoms with Gasteiger partial charge in [0.1, 0.15) is 34.3 Å². The van der Waals surface area contributed by atoms with Crippen LogP contribution in [-0.2, 0) is 5.54 Å². The van der Waals surface area contributed by atoms with Gasteiger partial charge in [-0.1, -0.05) is 77.8 Å². The number of hydrogen-bond donors (Lipinski definition) is 0. The van der Waals surface area contributed by atoms with Crippen molar-refractivity contribution in [3.8, 4) is 28.7 Å². The van der Waals surface area contributed by atoms with Gasteiger partial charge in [-0.15, -0.1) is 0 Å².